The van der Waals surface area contributed by atoms with Crippen LogP contribution in [0.4, 0.5) is 0 Å². The number of ether oxygens (including phenoxy) is 2. The lowest BCUT2D eigenvalue weighted by molar-refractivity contribution is 0.395. The van der Waals surface area contributed by atoms with Crippen LogP contribution >= 0.6 is 0 Å². The fraction of sp³-hybridized carbons (Fsp3) is 0.385. The molecule has 0 fully saturated rings. The molecule has 0 saturated carbocycles. The molecule has 0 aliphatic rings. The largest absolute Gasteiger partial charge is 0.496 e. The Morgan fingerprint density at radius 1 is 1.35 bits per heavy atom. The highest BCUT2D eigenvalue weighted by Crippen LogP contribution is 2.32. The Morgan fingerprint density at radius 3 is 2.47 bits per heavy atom. The van der Waals surface area contributed by atoms with Crippen LogP contribution in [0, 0.1) is 0 Å². The van der Waals surface area contributed by atoms with Gasteiger partial charge in [0.15, 0.2) is 0 Å². The molecule has 2 radical (unpaired) electrons. The summed E-state index contributed by atoms with van der Waals surface area (Å²) >= 11 is 0. The number of rotatable bonds is 6. The second kappa shape index (κ2) is 6.35. The summed E-state index contributed by atoms with van der Waals surface area (Å²) in [6, 6.07) is 3.81. The Kier molecular flexibility index (Phi) is 5.10. The van der Waals surface area contributed by atoms with Gasteiger partial charge in [-0.25, -0.2) is 0 Å². The Morgan fingerprint density at radius 2 is 2.00 bits per heavy atom. The second-order valence-corrected chi connectivity index (χ2v) is 3.74. The van der Waals surface area contributed by atoms with Crippen molar-refractivity contribution in [1.29, 1.82) is 0 Å². The molecular weight excluding hydrogens is 213 g/mol. The van der Waals surface area contributed by atoms with Crippen LogP contribution in [0.5, 0.6) is 11.5 Å². The van der Waals surface area contributed by atoms with Crippen molar-refractivity contribution in [3.8, 4) is 11.5 Å². The van der Waals surface area contributed by atoms with E-state index in [-0.39, 0.29) is 5.82 Å². The zero-order valence-electron chi connectivity index (χ0n) is 10.4. The van der Waals surface area contributed by atoms with Crippen LogP contribution < -0.4 is 15.2 Å². The summed E-state index contributed by atoms with van der Waals surface area (Å²) in [6.07, 6.45) is 2.54. The molecule has 4 heteroatoms. The molecule has 1 aromatic carbocycles. The van der Waals surface area contributed by atoms with Gasteiger partial charge in [0.1, 0.15) is 11.5 Å². The minimum atomic E-state index is -0.253. The molecule has 90 valence electrons. The second-order valence-electron chi connectivity index (χ2n) is 3.74. The van der Waals surface area contributed by atoms with Crippen LogP contribution in [0.15, 0.2) is 24.8 Å². The van der Waals surface area contributed by atoms with Crippen LogP contribution in [0.25, 0.3) is 0 Å². The number of hydrogen-bond acceptors (Lipinski definition) is 3. The summed E-state index contributed by atoms with van der Waals surface area (Å²) in [5, 5.41) is 0. The smallest absolute Gasteiger partial charge is 0.122 e. The van der Waals surface area contributed by atoms with Gasteiger partial charge < -0.3 is 15.2 Å². The maximum Gasteiger partial charge on any atom is 0.122 e. The fourth-order valence-electron chi connectivity index (χ4n) is 1.72. The van der Waals surface area contributed by atoms with Crippen molar-refractivity contribution in [3.05, 3.63) is 35.9 Å². The van der Waals surface area contributed by atoms with Crippen LogP contribution in [0.3, 0.4) is 0 Å². The average Bonchev–Trinajstić information content (AvgIpc) is 2.37. The molecule has 3 nitrogen and oxygen atoms in total. The maximum atomic E-state index is 5.94. The van der Waals surface area contributed by atoms with E-state index < -0.39 is 0 Å². The minimum Gasteiger partial charge on any atom is -0.496 e. The molecule has 17 heavy (non-hydrogen) atoms. The topological polar surface area (TPSA) is 44.5 Å². The van der Waals surface area contributed by atoms with E-state index in [1.54, 1.807) is 14.2 Å². The molecule has 0 aliphatic heterocycles. The third-order valence-electron chi connectivity index (χ3n) is 2.65. The monoisotopic (exact) mass is 231 g/mol. The molecule has 0 amide bonds. The van der Waals surface area contributed by atoms with E-state index in [0.717, 1.165) is 29.0 Å². The van der Waals surface area contributed by atoms with Gasteiger partial charge in [0, 0.05) is 5.56 Å². The zero-order chi connectivity index (χ0) is 12.8. The van der Waals surface area contributed by atoms with Crippen molar-refractivity contribution in [2.24, 2.45) is 5.73 Å². The third-order valence-corrected chi connectivity index (χ3v) is 2.65. The van der Waals surface area contributed by atoms with E-state index in [2.05, 4.69) is 6.58 Å². The Labute approximate surface area is 104 Å². The summed E-state index contributed by atoms with van der Waals surface area (Å²) in [5.41, 5.74) is 7.46. The van der Waals surface area contributed by atoms with Gasteiger partial charge in [-0.1, -0.05) is 6.08 Å². The molecule has 0 bridgehead atoms. The van der Waals surface area contributed by atoms with Gasteiger partial charge in [0.25, 0.3) is 0 Å². The molecular formula is C13H18BNO2. The fourth-order valence-corrected chi connectivity index (χ4v) is 1.72. The molecule has 1 rings (SSSR count). The summed E-state index contributed by atoms with van der Waals surface area (Å²) in [4.78, 5) is 0. The van der Waals surface area contributed by atoms with E-state index in [0.29, 0.717) is 6.54 Å². The first-order chi connectivity index (χ1) is 8.17. The van der Waals surface area contributed by atoms with E-state index in [1.165, 1.54) is 0 Å². The van der Waals surface area contributed by atoms with Gasteiger partial charge in [0.05, 0.1) is 22.1 Å². The van der Waals surface area contributed by atoms with Gasteiger partial charge in [-0.15, -0.1) is 6.58 Å². The van der Waals surface area contributed by atoms with Crippen LogP contribution in [0.1, 0.15) is 16.9 Å². The predicted molar refractivity (Wildman–Crippen MR) is 71.0 cm³/mol. The van der Waals surface area contributed by atoms with E-state index >= 15 is 0 Å². The Balaban J connectivity index is 3.26. The van der Waals surface area contributed by atoms with Crippen molar-refractivity contribution < 1.29 is 9.47 Å². The Hall–Kier alpha value is -1.42. The van der Waals surface area contributed by atoms with Crippen molar-refractivity contribution in [2.45, 2.75) is 12.2 Å². The van der Waals surface area contributed by atoms with E-state index in [1.807, 2.05) is 18.2 Å². The number of hydrogen-bond donors (Lipinski definition) is 1. The highest BCUT2D eigenvalue weighted by atomic mass is 16.5. The first kappa shape index (κ1) is 13.6. The number of nitrogens with two attached hydrogens (primary N) is 1. The molecule has 1 aromatic rings. The van der Waals surface area contributed by atoms with Crippen molar-refractivity contribution in [3.63, 3.8) is 0 Å². The van der Waals surface area contributed by atoms with Crippen molar-refractivity contribution in [1.82, 2.24) is 0 Å². The van der Waals surface area contributed by atoms with E-state index in [9.17, 15) is 0 Å². The third kappa shape index (κ3) is 3.04. The van der Waals surface area contributed by atoms with E-state index in [4.69, 9.17) is 23.1 Å². The summed E-state index contributed by atoms with van der Waals surface area (Å²) in [6.45, 7) is 4.08. The quantitative estimate of drug-likeness (QED) is 0.597. The van der Waals surface area contributed by atoms with Gasteiger partial charge in [-0.05, 0) is 36.5 Å². The van der Waals surface area contributed by atoms with Gasteiger partial charge in [0.2, 0.25) is 0 Å². The molecule has 0 saturated heterocycles. The van der Waals surface area contributed by atoms with Crippen LogP contribution in [-0.4, -0.2) is 28.6 Å². The molecule has 0 aromatic heterocycles. The Bertz CT molecular complexity index is 393. The molecule has 1 unspecified atom stereocenters. The molecule has 1 atom stereocenters. The zero-order valence-corrected chi connectivity index (χ0v) is 10.4. The standard InChI is InChI=1S/C13H18BNO2/c1-4-5-9-6-13(17-3)10(11(14)8-15)7-12(9)16-2/h4,6-7,11H,1,5,8,15H2,2-3H3. The van der Waals surface area contributed by atoms with Gasteiger partial charge in [-0.2, -0.15) is 0 Å². The number of methoxy groups -OCH3 is 2. The first-order valence-electron chi connectivity index (χ1n) is 5.49. The summed E-state index contributed by atoms with van der Waals surface area (Å²) < 4.78 is 10.7. The summed E-state index contributed by atoms with van der Waals surface area (Å²) in [7, 11) is 9.19. The van der Waals surface area contributed by atoms with Gasteiger partial charge >= 0.3 is 0 Å². The normalized spacial score (nSPS) is 11.9. The van der Waals surface area contributed by atoms with Crippen molar-refractivity contribution in [2.75, 3.05) is 20.8 Å². The maximum absolute atomic E-state index is 5.94. The van der Waals surface area contributed by atoms with Crippen LogP contribution in [-0.2, 0) is 6.42 Å². The summed E-state index contributed by atoms with van der Waals surface area (Å²) in [5.74, 6) is 1.27. The van der Waals surface area contributed by atoms with Gasteiger partial charge in [-0.3, -0.25) is 0 Å². The lowest BCUT2D eigenvalue weighted by Crippen LogP contribution is -2.13. The lowest BCUT2D eigenvalue weighted by atomic mass is 9.80. The minimum absolute atomic E-state index is 0.253. The molecule has 2 N–H and O–H groups in total. The molecule has 0 spiro atoms. The van der Waals surface area contributed by atoms with Crippen molar-refractivity contribution >= 4 is 7.85 Å². The highest BCUT2D eigenvalue weighted by Gasteiger charge is 2.14. The number of benzene rings is 1. The lowest BCUT2D eigenvalue weighted by Gasteiger charge is -2.18. The van der Waals surface area contributed by atoms with Crippen LogP contribution in [0.2, 0.25) is 0 Å². The SMILES string of the molecule is [B]C(CN)c1cc(OC)c(CC=C)cc1OC. The first-order valence-corrected chi connectivity index (χ1v) is 5.49. The highest BCUT2D eigenvalue weighted by molar-refractivity contribution is 6.12. The predicted octanol–water partition coefficient (Wildman–Crippen LogP) is 1.60. The molecule has 0 aliphatic carbocycles. The number of allylic oxidation sites excluding steroid dienone is 1. The molecule has 0 heterocycles. The average molecular weight is 231 g/mol.